The fraction of sp³-hybridized carbons (Fsp3) is 0.0909. The highest BCUT2D eigenvalue weighted by Crippen LogP contribution is 2.36. The van der Waals surface area contributed by atoms with E-state index in [2.05, 4.69) is 10.1 Å². The van der Waals surface area contributed by atoms with Crippen LogP contribution in [0.2, 0.25) is 5.02 Å². The van der Waals surface area contributed by atoms with Crippen molar-refractivity contribution in [2.24, 2.45) is 0 Å². The minimum atomic E-state index is -1.25. The minimum Gasteiger partial charge on any atom is -0.477 e. The van der Waals surface area contributed by atoms with E-state index in [4.69, 9.17) is 11.6 Å². The molecule has 4 aromatic rings. The minimum absolute atomic E-state index is 0.106. The van der Waals surface area contributed by atoms with Crippen LogP contribution in [0.5, 0.6) is 0 Å². The summed E-state index contributed by atoms with van der Waals surface area (Å²) in [5.41, 5.74) is 3.66. The van der Waals surface area contributed by atoms with Gasteiger partial charge in [0.25, 0.3) is 0 Å². The number of nitrogens with zero attached hydrogens (tertiary/aromatic N) is 3. The number of benzene rings is 2. The van der Waals surface area contributed by atoms with Crippen LogP contribution in [0.3, 0.4) is 0 Å². The molecule has 0 unspecified atom stereocenters. The Hall–Kier alpha value is -3.51. The van der Waals surface area contributed by atoms with E-state index >= 15 is 0 Å². The van der Waals surface area contributed by atoms with Crippen LogP contribution in [-0.2, 0) is 0 Å². The van der Waals surface area contributed by atoms with E-state index < -0.39 is 11.8 Å². The maximum atomic E-state index is 12.1. The zero-order chi connectivity index (χ0) is 20.7. The molecule has 0 saturated heterocycles. The van der Waals surface area contributed by atoms with E-state index in [1.165, 1.54) is 11.4 Å². The summed E-state index contributed by atoms with van der Waals surface area (Å²) in [5.74, 6) is -1.69. The third-order valence-corrected chi connectivity index (χ3v) is 5.01. The second kappa shape index (κ2) is 7.14. The molecule has 0 aliphatic carbocycles. The van der Waals surface area contributed by atoms with Gasteiger partial charge in [-0.25, -0.2) is 14.3 Å². The van der Waals surface area contributed by atoms with Crippen molar-refractivity contribution in [3.63, 3.8) is 0 Å². The maximum Gasteiger partial charge on any atom is 0.341 e. The quantitative estimate of drug-likeness (QED) is 0.487. The molecule has 2 aromatic heterocycles. The molecule has 0 atom stereocenters. The van der Waals surface area contributed by atoms with Crippen LogP contribution < -0.4 is 0 Å². The molecule has 0 bridgehead atoms. The number of rotatable bonds is 4. The number of carboxylic acids is 1. The van der Waals surface area contributed by atoms with Gasteiger partial charge in [-0.2, -0.15) is 5.10 Å². The van der Waals surface area contributed by atoms with Gasteiger partial charge >= 0.3 is 5.97 Å². The summed E-state index contributed by atoms with van der Waals surface area (Å²) < 4.78 is 1.42. The lowest BCUT2D eigenvalue weighted by Gasteiger charge is -2.13. The summed E-state index contributed by atoms with van der Waals surface area (Å²) in [6, 6.07) is 15.0. The first kappa shape index (κ1) is 18.8. The number of aryl methyl sites for hydroxylation is 1. The lowest BCUT2D eigenvalue weighted by molar-refractivity contribution is 0.0694. The second-order valence-corrected chi connectivity index (χ2v) is 7.09. The number of ketones is 1. The van der Waals surface area contributed by atoms with E-state index in [0.717, 1.165) is 16.7 Å². The molecule has 7 heteroatoms. The zero-order valence-electron chi connectivity index (χ0n) is 15.7. The molecule has 4 rings (SSSR count). The summed E-state index contributed by atoms with van der Waals surface area (Å²) in [7, 11) is 0. The van der Waals surface area contributed by atoms with Crippen molar-refractivity contribution in [1.29, 1.82) is 0 Å². The maximum absolute atomic E-state index is 12.1. The van der Waals surface area contributed by atoms with Crippen LogP contribution in [0.15, 0.2) is 54.7 Å². The Morgan fingerprint density at radius 2 is 1.72 bits per heavy atom. The lowest BCUT2D eigenvalue weighted by Crippen LogP contribution is -2.04. The summed E-state index contributed by atoms with van der Waals surface area (Å²) in [6.45, 7) is 3.26. The molecular formula is C22H16ClN3O3. The summed E-state index contributed by atoms with van der Waals surface area (Å²) >= 11 is 6.43. The summed E-state index contributed by atoms with van der Waals surface area (Å²) in [4.78, 5) is 28.2. The molecule has 0 aliphatic heterocycles. The third-order valence-electron chi connectivity index (χ3n) is 4.68. The molecule has 0 fully saturated rings. The SMILES string of the molecule is CC(=O)c1nn2c(-c3ccc(C)cc3)c(-c3ccccc3Cl)cnc2c1C(=O)O. The van der Waals surface area contributed by atoms with Gasteiger partial charge in [0, 0.05) is 34.8 Å². The number of halogens is 1. The Labute approximate surface area is 171 Å². The molecule has 2 aromatic carbocycles. The second-order valence-electron chi connectivity index (χ2n) is 6.69. The molecule has 1 N–H and O–H groups in total. The Morgan fingerprint density at radius 3 is 2.34 bits per heavy atom. The van der Waals surface area contributed by atoms with Gasteiger partial charge in [0.2, 0.25) is 0 Å². The molecule has 6 nitrogen and oxygen atoms in total. The third kappa shape index (κ3) is 3.17. The number of aromatic carboxylic acids is 1. The average molecular weight is 406 g/mol. The van der Waals surface area contributed by atoms with Crippen LogP contribution in [-0.4, -0.2) is 31.5 Å². The average Bonchev–Trinajstić information content (AvgIpc) is 3.09. The van der Waals surface area contributed by atoms with Crippen LogP contribution in [0.1, 0.15) is 33.3 Å². The number of Topliss-reactive ketones (excluding diaryl/α,β-unsaturated/α-hetero) is 1. The standard InChI is InChI=1S/C22H16ClN3O3/c1-12-7-9-14(10-8-12)20-16(15-5-3-4-6-17(15)23)11-24-21-18(22(28)29)19(13(2)27)25-26(20)21/h3-11H,1-2H3,(H,28,29). The number of hydrogen-bond acceptors (Lipinski definition) is 4. The lowest BCUT2D eigenvalue weighted by atomic mass is 10.00. The van der Waals surface area contributed by atoms with Crippen molar-refractivity contribution in [3.05, 3.63) is 76.6 Å². The molecular weight excluding hydrogens is 390 g/mol. The van der Waals surface area contributed by atoms with Gasteiger partial charge in [0.15, 0.2) is 11.4 Å². The fourth-order valence-electron chi connectivity index (χ4n) is 3.29. The van der Waals surface area contributed by atoms with E-state index in [0.29, 0.717) is 16.3 Å². The number of carbonyl (C=O) groups excluding carboxylic acids is 1. The Morgan fingerprint density at radius 1 is 1.03 bits per heavy atom. The first-order valence-corrected chi connectivity index (χ1v) is 9.24. The first-order chi connectivity index (χ1) is 13.9. The van der Waals surface area contributed by atoms with Crippen LogP contribution in [0.25, 0.3) is 28.0 Å². The summed E-state index contributed by atoms with van der Waals surface area (Å²) in [6.07, 6.45) is 1.57. The number of carboxylic acid groups (broad SMARTS) is 1. The predicted octanol–water partition coefficient (Wildman–Crippen LogP) is 4.93. The Bertz CT molecular complexity index is 1280. The van der Waals surface area contributed by atoms with E-state index in [1.807, 2.05) is 49.4 Å². The number of carbonyl (C=O) groups is 2. The van der Waals surface area contributed by atoms with Gasteiger partial charge in [-0.1, -0.05) is 59.6 Å². The number of aromatic nitrogens is 3. The highest BCUT2D eigenvalue weighted by molar-refractivity contribution is 6.33. The molecule has 29 heavy (non-hydrogen) atoms. The normalized spacial score (nSPS) is 11.0. The van der Waals surface area contributed by atoms with Gasteiger partial charge in [-0.15, -0.1) is 0 Å². The van der Waals surface area contributed by atoms with Crippen molar-refractivity contribution >= 4 is 29.0 Å². The van der Waals surface area contributed by atoms with Crippen molar-refractivity contribution in [3.8, 4) is 22.4 Å². The van der Waals surface area contributed by atoms with Crippen molar-refractivity contribution in [2.45, 2.75) is 13.8 Å². The van der Waals surface area contributed by atoms with Gasteiger partial charge in [-0.3, -0.25) is 4.79 Å². The number of hydrogen-bond donors (Lipinski definition) is 1. The zero-order valence-corrected chi connectivity index (χ0v) is 16.4. The Kier molecular flexibility index (Phi) is 4.64. The predicted molar refractivity (Wildman–Crippen MR) is 111 cm³/mol. The van der Waals surface area contributed by atoms with Gasteiger partial charge in [-0.05, 0) is 13.0 Å². The van der Waals surface area contributed by atoms with Crippen molar-refractivity contribution < 1.29 is 14.7 Å². The highest BCUT2D eigenvalue weighted by Gasteiger charge is 2.26. The molecule has 0 aliphatic rings. The van der Waals surface area contributed by atoms with Gasteiger partial charge < -0.3 is 5.11 Å². The molecule has 144 valence electrons. The molecule has 0 spiro atoms. The Balaban J connectivity index is 2.16. The smallest absolute Gasteiger partial charge is 0.341 e. The highest BCUT2D eigenvalue weighted by atomic mass is 35.5. The molecule has 0 saturated carbocycles. The van der Waals surface area contributed by atoms with Crippen LogP contribution >= 0.6 is 11.6 Å². The van der Waals surface area contributed by atoms with E-state index in [9.17, 15) is 14.7 Å². The van der Waals surface area contributed by atoms with Crippen LogP contribution in [0.4, 0.5) is 0 Å². The molecule has 0 amide bonds. The van der Waals surface area contributed by atoms with E-state index in [-0.39, 0.29) is 16.9 Å². The fourth-order valence-corrected chi connectivity index (χ4v) is 3.53. The topological polar surface area (TPSA) is 84.6 Å². The monoisotopic (exact) mass is 405 g/mol. The van der Waals surface area contributed by atoms with Crippen molar-refractivity contribution in [1.82, 2.24) is 14.6 Å². The molecule has 0 radical (unpaired) electrons. The van der Waals surface area contributed by atoms with Crippen molar-refractivity contribution in [2.75, 3.05) is 0 Å². The summed E-state index contributed by atoms with van der Waals surface area (Å²) in [5, 5.41) is 14.5. The van der Waals surface area contributed by atoms with Gasteiger partial charge in [0.1, 0.15) is 11.3 Å². The number of fused-ring (bicyclic) bond motifs is 1. The largest absolute Gasteiger partial charge is 0.477 e. The van der Waals surface area contributed by atoms with Gasteiger partial charge in [0.05, 0.1) is 5.69 Å². The van der Waals surface area contributed by atoms with E-state index in [1.54, 1.807) is 12.3 Å². The molecule has 2 heterocycles. The first-order valence-electron chi connectivity index (χ1n) is 8.86. The van der Waals surface area contributed by atoms with Crippen LogP contribution in [0, 0.1) is 6.92 Å².